The molecule has 0 radical (unpaired) electrons. The van der Waals surface area contributed by atoms with Crippen LogP contribution < -0.4 is 4.72 Å². The molecule has 11 heteroatoms. The summed E-state index contributed by atoms with van der Waals surface area (Å²) in [5.41, 5.74) is 1.02. The first kappa shape index (κ1) is 23.9. The van der Waals surface area contributed by atoms with Crippen molar-refractivity contribution in [3.05, 3.63) is 59.7 Å². The van der Waals surface area contributed by atoms with E-state index in [1.165, 1.54) is 33.5 Å². The van der Waals surface area contributed by atoms with Crippen molar-refractivity contribution < 1.29 is 21.6 Å². The zero-order valence-corrected chi connectivity index (χ0v) is 19.2. The Morgan fingerprint density at radius 3 is 2.25 bits per heavy atom. The number of benzene rings is 2. The van der Waals surface area contributed by atoms with Crippen LogP contribution in [0.1, 0.15) is 17.5 Å². The molecule has 0 saturated carbocycles. The minimum Gasteiger partial charge on any atom is -0.340 e. The Morgan fingerprint density at radius 1 is 1.00 bits per heavy atom. The quantitative estimate of drug-likeness (QED) is 0.637. The summed E-state index contributed by atoms with van der Waals surface area (Å²) in [6, 6.07) is 14.3. The Morgan fingerprint density at radius 2 is 1.62 bits per heavy atom. The number of aryl methyl sites for hydroxylation is 1. The maximum Gasteiger partial charge on any atom is 0.244 e. The largest absolute Gasteiger partial charge is 0.340 e. The Labute approximate surface area is 188 Å². The number of rotatable bonds is 7. The van der Waals surface area contributed by atoms with Crippen LogP contribution in [-0.2, 0) is 24.8 Å². The van der Waals surface area contributed by atoms with Crippen molar-refractivity contribution in [1.82, 2.24) is 13.9 Å². The zero-order chi connectivity index (χ0) is 23.4. The highest BCUT2D eigenvalue weighted by atomic mass is 32.2. The third-order valence-electron chi connectivity index (χ3n) is 5.18. The first-order chi connectivity index (χ1) is 15.1. The van der Waals surface area contributed by atoms with Gasteiger partial charge in [0.25, 0.3) is 0 Å². The van der Waals surface area contributed by atoms with Crippen molar-refractivity contribution >= 4 is 26.0 Å². The second-order valence-corrected chi connectivity index (χ2v) is 11.0. The van der Waals surface area contributed by atoms with E-state index in [0.29, 0.717) is 0 Å². The van der Waals surface area contributed by atoms with E-state index < -0.39 is 20.0 Å². The van der Waals surface area contributed by atoms with Crippen LogP contribution in [0.3, 0.4) is 0 Å². The van der Waals surface area contributed by atoms with Gasteiger partial charge >= 0.3 is 0 Å². The molecule has 0 spiro atoms. The number of nitriles is 1. The maximum atomic E-state index is 12.9. The van der Waals surface area contributed by atoms with Crippen molar-refractivity contribution in [2.45, 2.75) is 23.1 Å². The van der Waals surface area contributed by atoms with Crippen LogP contribution in [0.25, 0.3) is 0 Å². The molecule has 0 unspecified atom stereocenters. The molecule has 0 aromatic heterocycles. The van der Waals surface area contributed by atoms with E-state index >= 15 is 0 Å². The molecule has 0 aliphatic carbocycles. The molecular formula is C21H24N4O5S2. The Hall–Kier alpha value is -2.78. The Balaban J connectivity index is 1.53. The van der Waals surface area contributed by atoms with E-state index in [1.54, 1.807) is 24.3 Å². The molecule has 1 fully saturated rings. The van der Waals surface area contributed by atoms with Crippen LogP contribution in [0.2, 0.25) is 0 Å². The molecule has 0 bridgehead atoms. The molecule has 0 atom stereocenters. The van der Waals surface area contributed by atoms with Gasteiger partial charge in [-0.25, -0.2) is 21.6 Å². The molecule has 3 rings (SSSR count). The molecule has 1 saturated heterocycles. The highest BCUT2D eigenvalue weighted by Crippen LogP contribution is 2.21. The van der Waals surface area contributed by atoms with Gasteiger partial charge in [0.15, 0.2) is 0 Å². The minimum absolute atomic E-state index is 0.0326. The van der Waals surface area contributed by atoms with Crippen molar-refractivity contribution in [3.63, 3.8) is 0 Å². The van der Waals surface area contributed by atoms with Gasteiger partial charge in [-0.3, -0.25) is 4.79 Å². The number of sulfonamides is 2. The van der Waals surface area contributed by atoms with Crippen LogP contribution in [0, 0.1) is 18.3 Å². The Bertz CT molecular complexity index is 1230. The summed E-state index contributed by atoms with van der Waals surface area (Å²) in [5.74, 6) is -0.258. The molecular weight excluding hydrogens is 452 g/mol. The van der Waals surface area contributed by atoms with Gasteiger partial charge in [0, 0.05) is 39.1 Å². The fourth-order valence-electron chi connectivity index (χ4n) is 3.35. The van der Waals surface area contributed by atoms with Crippen molar-refractivity contribution in [3.8, 4) is 6.07 Å². The van der Waals surface area contributed by atoms with Crippen LogP contribution in [0.15, 0.2) is 58.3 Å². The lowest BCUT2D eigenvalue weighted by Gasteiger charge is -2.34. The molecule has 1 aliphatic rings. The maximum absolute atomic E-state index is 12.9. The third kappa shape index (κ3) is 5.34. The lowest BCUT2D eigenvalue weighted by molar-refractivity contribution is -0.132. The number of nitrogens with one attached hydrogen (secondary N) is 1. The smallest absolute Gasteiger partial charge is 0.244 e. The van der Waals surface area contributed by atoms with E-state index in [4.69, 9.17) is 0 Å². The van der Waals surface area contributed by atoms with E-state index in [2.05, 4.69) is 4.72 Å². The number of hydrogen-bond donors (Lipinski definition) is 1. The lowest BCUT2D eigenvalue weighted by atomic mass is 10.2. The first-order valence-electron chi connectivity index (χ1n) is 9.98. The summed E-state index contributed by atoms with van der Waals surface area (Å²) in [6.07, 6.45) is -0.0326. The summed E-state index contributed by atoms with van der Waals surface area (Å²) < 4.78 is 54.0. The third-order valence-corrected chi connectivity index (χ3v) is 8.61. The summed E-state index contributed by atoms with van der Waals surface area (Å²) in [6.45, 7) is 2.39. The number of nitrogens with zero attached hydrogens (tertiary/aromatic N) is 3. The normalized spacial score (nSPS) is 15.3. The number of carbonyl (C=O) groups is 1. The number of hydrogen-bond acceptors (Lipinski definition) is 6. The topological polar surface area (TPSA) is 128 Å². The predicted molar refractivity (Wildman–Crippen MR) is 117 cm³/mol. The van der Waals surface area contributed by atoms with Crippen molar-refractivity contribution in [2.75, 3.05) is 32.7 Å². The average molecular weight is 477 g/mol. The van der Waals surface area contributed by atoms with Crippen LogP contribution in [0.5, 0.6) is 0 Å². The van der Waals surface area contributed by atoms with Crippen LogP contribution in [-0.4, -0.2) is 64.7 Å². The van der Waals surface area contributed by atoms with Crippen LogP contribution in [0.4, 0.5) is 0 Å². The van der Waals surface area contributed by atoms with Gasteiger partial charge < -0.3 is 4.90 Å². The molecule has 170 valence electrons. The number of carbonyl (C=O) groups excluding carboxylic acids is 1. The molecule has 1 heterocycles. The molecule has 1 N–H and O–H groups in total. The predicted octanol–water partition coefficient (Wildman–Crippen LogP) is 1.07. The fourth-order valence-corrected chi connectivity index (χ4v) is 5.95. The average Bonchev–Trinajstić information content (AvgIpc) is 2.79. The van der Waals surface area contributed by atoms with Gasteiger partial charge in [0.05, 0.1) is 15.4 Å². The van der Waals surface area contributed by atoms with Crippen molar-refractivity contribution in [2.24, 2.45) is 0 Å². The van der Waals surface area contributed by atoms with E-state index in [9.17, 15) is 26.9 Å². The molecule has 1 aliphatic heterocycles. The highest BCUT2D eigenvalue weighted by molar-refractivity contribution is 7.89. The molecule has 1 amide bonds. The standard InChI is InChI=1S/C21H24N4O5S2/c1-17-6-8-19(9-7-17)31(27,28)23-11-10-21(26)24-12-14-25(15-13-24)32(29,30)20-5-3-2-4-18(20)16-22/h2-9,23H,10-15H2,1H3. The van der Waals surface area contributed by atoms with Gasteiger partial charge in [0.2, 0.25) is 26.0 Å². The first-order valence-corrected chi connectivity index (χ1v) is 12.9. The minimum atomic E-state index is -3.84. The zero-order valence-electron chi connectivity index (χ0n) is 17.6. The van der Waals surface area contributed by atoms with Crippen molar-refractivity contribution in [1.29, 1.82) is 5.26 Å². The second-order valence-electron chi connectivity index (χ2n) is 7.35. The Kier molecular flexibility index (Phi) is 7.30. The fraction of sp³-hybridized carbons (Fsp3) is 0.333. The second kappa shape index (κ2) is 9.79. The monoisotopic (exact) mass is 476 g/mol. The molecule has 32 heavy (non-hydrogen) atoms. The SMILES string of the molecule is Cc1ccc(S(=O)(=O)NCCC(=O)N2CCN(S(=O)(=O)c3ccccc3C#N)CC2)cc1. The van der Waals surface area contributed by atoms with E-state index in [1.807, 2.05) is 13.0 Å². The molecule has 9 nitrogen and oxygen atoms in total. The van der Waals surface area contributed by atoms with Gasteiger partial charge in [-0.05, 0) is 31.2 Å². The van der Waals surface area contributed by atoms with Gasteiger partial charge in [-0.2, -0.15) is 9.57 Å². The van der Waals surface area contributed by atoms with E-state index in [-0.39, 0.29) is 60.4 Å². The van der Waals surface area contributed by atoms with E-state index in [0.717, 1.165) is 5.56 Å². The molecule has 2 aromatic rings. The number of amides is 1. The summed E-state index contributed by atoms with van der Waals surface area (Å²) in [4.78, 5) is 14.1. The highest BCUT2D eigenvalue weighted by Gasteiger charge is 2.31. The number of piperazine rings is 1. The van der Waals surface area contributed by atoms with Crippen LogP contribution >= 0.6 is 0 Å². The summed E-state index contributed by atoms with van der Waals surface area (Å²) in [7, 11) is -7.55. The lowest BCUT2D eigenvalue weighted by Crippen LogP contribution is -2.51. The summed E-state index contributed by atoms with van der Waals surface area (Å²) in [5, 5.41) is 9.18. The van der Waals surface area contributed by atoms with Gasteiger partial charge in [0.1, 0.15) is 6.07 Å². The summed E-state index contributed by atoms with van der Waals surface area (Å²) >= 11 is 0. The van der Waals surface area contributed by atoms with Gasteiger partial charge in [-0.1, -0.05) is 29.8 Å². The van der Waals surface area contributed by atoms with Gasteiger partial charge in [-0.15, -0.1) is 0 Å². The molecule has 2 aromatic carbocycles.